The van der Waals surface area contributed by atoms with Crippen LogP contribution in [-0.4, -0.2) is 50.6 Å². The Kier molecular flexibility index (Phi) is 5.73. The highest BCUT2D eigenvalue weighted by atomic mass is 32.2. The summed E-state index contributed by atoms with van der Waals surface area (Å²) in [6.07, 6.45) is 1.97. The van der Waals surface area contributed by atoms with Gasteiger partial charge in [0, 0.05) is 18.8 Å². The van der Waals surface area contributed by atoms with E-state index >= 15 is 0 Å². The lowest BCUT2D eigenvalue weighted by Gasteiger charge is -2.28. The number of nitrogens with one attached hydrogen (secondary N) is 1. The van der Waals surface area contributed by atoms with Gasteiger partial charge < -0.3 is 10.1 Å². The summed E-state index contributed by atoms with van der Waals surface area (Å²) in [5.74, 6) is -1.22. The number of anilines is 1. The zero-order chi connectivity index (χ0) is 16.9. The van der Waals surface area contributed by atoms with Crippen LogP contribution in [0.1, 0.15) is 12.8 Å². The maximum Gasteiger partial charge on any atom is 0.309 e. The Balaban J connectivity index is 1.74. The number of ether oxygens (including phenoxy) is 1. The van der Waals surface area contributed by atoms with Gasteiger partial charge in [-0.05, 0) is 25.0 Å². The lowest BCUT2D eigenvalue weighted by Crippen LogP contribution is -2.40. The summed E-state index contributed by atoms with van der Waals surface area (Å²) in [7, 11) is -3.22. The van der Waals surface area contributed by atoms with Gasteiger partial charge in [-0.25, -0.2) is 12.7 Å². The molecule has 8 heteroatoms. The average molecular weight is 340 g/mol. The summed E-state index contributed by atoms with van der Waals surface area (Å²) in [5, 5.41) is 2.62. The van der Waals surface area contributed by atoms with Gasteiger partial charge in [-0.1, -0.05) is 18.2 Å². The molecule has 23 heavy (non-hydrogen) atoms. The third kappa shape index (κ3) is 5.33. The molecule has 1 saturated heterocycles. The largest absolute Gasteiger partial charge is 0.455 e. The standard InChI is InChI=1S/C15H20N2O5S/c1-23(20,21)17-9-7-12(8-10-17)15(19)22-11-14(18)16-13-5-3-2-4-6-13/h2-6,12H,7-11H2,1H3,(H,16,18). The fourth-order valence-electron chi connectivity index (χ4n) is 2.40. The predicted molar refractivity (Wildman–Crippen MR) is 85.2 cm³/mol. The monoisotopic (exact) mass is 340 g/mol. The minimum Gasteiger partial charge on any atom is -0.455 e. The first-order valence-electron chi connectivity index (χ1n) is 7.33. The molecule has 0 spiro atoms. The van der Waals surface area contributed by atoms with Crippen molar-refractivity contribution in [3.63, 3.8) is 0 Å². The van der Waals surface area contributed by atoms with Crippen LogP contribution in [0.2, 0.25) is 0 Å². The van der Waals surface area contributed by atoms with Crippen LogP contribution < -0.4 is 5.32 Å². The first kappa shape index (κ1) is 17.4. The summed E-state index contributed by atoms with van der Waals surface area (Å²) in [4.78, 5) is 23.6. The van der Waals surface area contributed by atoms with Crippen molar-refractivity contribution < 1.29 is 22.7 Å². The van der Waals surface area contributed by atoms with Crippen LogP contribution in [0.3, 0.4) is 0 Å². The second-order valence-corrected chi connectivity index (χ2v) is 7.44. The van der Waals surface area contributed by atoms with Crippen molar-refractivity contribution >= 4 is 27.6 Å². The van der Waals surface area contributed by atoms with Crippen molar-refractivity contribution in [3.8, 4) is 0 Å². The number of amides is 1. The van der Waals surface area contributed by atoms with Crippen LogP contribution in [-0.2, 0) is 24.3 Å². The SMILES string of the molecule is CS(=O)(=O)N1CCC(C(=O)OCC(=O)Nc2ccccc2)CC1. The fourth-order valence-corrected chi connectivity index (χ4v) is 3.27. The van der Waals surface area contributed by atoms with Gasteiger partial charge in [0.1, 0.15) is 0 Å². The maximum atomic E-state index is 11.9. The van der Waals surface area contributed by atoms with Crippen molar-refractivity contribution in [2.75, 3.05) is 31.3 Å². The number of hydrogen-bond donors (Lipinski definition) is 1. The van der Waals surface area contributed by atoms with E-state index in [2.05, 4.69) is 5.32 Å². The van der Waals surface area contributed by atoms with E-state index in [0.29, 0.717) is 31.6 Å². The van der Waals surface area contributed by atoms with Gasteiger partial charge in [-0.15, -0.1) is 0 Å². The summed E-state index contributed by atoms with van der Waals surface area (Å²) < 4.78 is 29.2. The van der Waals surface area contributed by atoms with E-state index in [4.69, 9.17) is 4.74 Å². The van der Waals surface area contributed by atoms with Gasteiger partial charge >= 0.3 is 5.97 Å². The van der Waals surface area contributed by atoms with E-state index in [1.54, 1.807) is 24.3 Å². The molecular weight excluding hydrogens is 320 g/mol. The predicted octanol–water partition coefficient (Wildman–Crippen LogP) is 0.840. The second-order valence-electron chi connectivity index (χ2n) is 5.46. The van der Waals surface area contributed by atoms with Gasteiger partial charge in [-0.3, -0.25) is 9.59 Å². The number of para-hydroxylation sites is 1. The lowest BCUT2D eigenvalue weighted by molar-refractivity contribution is -0.152. The molecule has 7 nitrogen and oxygen atoms in total. The highest BCUT2D eigenvalue weighted by Gasteiger charge is 2.30. The molecular formula is C15H20N2O5S. The Bertz CT molecular complexity index is 652. The molecule has 1 fully saturated rings. The molecule has 0 bridgehead atoms. The van der Waals surface area contributed by atoms with Crippen molar-refractivity contribution in [1.29, 1.82) is 0 Å². The molecule has 1 N–H and O–H groups in total. The Morgan fingerprint density at radius 3 is 2.39 bits per heavy atom. The summed E-state index contributed by atoms with van der Waals surface area (Å²) in [6, 6.07) is 8.88. The number of nitrogens with zero attached hydrogens (tertiary/aromatic N) is 1. The Morgan fingerprint density at radius 1 is 1.22 bits per heavy atom. The van der Waals surface area contributed by atoms with Crippen LogP contribution >= 0.6 is 0 Å². The number of piperidine rings is 1. The van der Waals surface area contributed by atoms with Gasteiger partial charge in [0.2, 0.25) is 10.0 Å². The van der Waals surface area contributed by atoms with Crippen molar-refractivity contribution in [2.45, 2.75) is 12.8 Å². The van der Waals surface area contributed by atoms with E-state index in [-0.39, 0.29) is 12.5 Å². The molecule has 0 radical (unpaired) electrons. The molecule has 1 amide bonds. The second kappa shape index (κ2) is 7.56. The van der Waals surface area contributed by atoms with Crippen LogP contribution in [0.5, 0.6) is 0 Å². The van der Waals surface area contributed by atoms with Gasteiger partial charge in [0.05, 0.1) is 12.2 Å². The van der Waals surface area contributed by atoms with Crippen LogP contribution in [0.15, 0.2) is 30.3 Å². The van der Waals surface area contributed by atoms with Gasteiger partial charge in [0.25, 0.3) is 5.91 Å². The number of sulfonamides is 1. The minimum absolute atomic E-state index is 0.300. The molecule has 1 aromatic carbocycles. The van der Waals surface area contributed by atoms with Gasteiger partial charge in [-0.2, -0.15) is 0 Å². The average Bonchev–Trinajstić information content (AvgIpc) is 2.53. The molecule has 126 valence electrons. The van der Waals surface area contributed by atoms with Crippen LogP contribution in [0.25, 0.3) is 0 Å². The van der Waals surface area contributed by atoms with Crippen molar-refractivity contribution in [3.05, 3.63) is 30.3 Å². The lowest BCUT2D eigenvalue weighted by atomic mass is 9.98. The number of carbonyl (C=O) groups excluding carboxylic acids is 2. The Hall–Kier alpha value is -1.93. The molecule has 0 aromatic heterocycles. The first-order chi connectivity index (χ1) is 10.9. The Labute approximate surface area is 135 Å². The first-order valence-corrected chi connectivity index (χ1v) is 9.18. The van der Waals surface area contributed by atoms with E-state index < -0.39 is 21.9 Å². The molecule has 0 unspecified atom stereocenters. The van der Waals surface area contributed by atoms with Gasteiger partial charge in [0.15, 0.2) is 6.61 Å². The summed E-state index contributed by atoms with van der Waals surface area (Å²) >= 11 is 0. The number of carbonyl (C=O) groups is 2. The zero-order valence-corrected chi connectivity index (χ0v) is 13.7. The van der Waals surface area contributed by atoms with Crippen molar-refractivity contribution in [1.82, 2.24) is 4.31 Å². The molecule has 0 atom stereocenters. The third-order valence-corrected chi connectivity index (χ3v) is 4.96. The van der Waals surface area contributed by atoms with E-state index in [9.17, 15) is 18.0 Å². The molecule has 2 rings (SSSR count). The zero-order valence-electron chi connectivity index (χ0n) is 12.9. The fraction of sp³-hybridized carbons (Fsp3) is 0.467. The van der Waals surface area contributed by atoms with E-state index in [0.717, 1.165) is 6.26 Å². The molecule has 1 aliphatic rings. The van der Waals surface area contributed by atoms with E-state index in [1.807, 2.05) is 6.07 Å². The number of hydrogen-bond acceptors (Lipinski definition) is 5. The number of rotatable bonds is 5. The quantitative estimate of drug-likeness (QED) is 0.802. The van der Waals surface area contributed by atoms with Crippen molar-refractivity contribution in [2.24, 2.45) is 5.92 Å². The summed E-state index contributed by atoms with van der Waals surface area (Å²) in [6.45, 7) is 0.254. The molecule has 1 heterocycles. The Morgan fingerprint density at radius 2 is 1.83 bits per heavy atom. The molecule has 0 aliphatic carbocycles. The number of benzene rings is 1. The highest BCUT2D eigenvalue weighted by Crippen LogP contribution is 2.20. The summed E-state index contributed by atoms with van der Waals surface area (Å²) in [5.41, 5.74) is 0.634. The minimum atomic E-state index is -3.22. The third-order valence-electron chi connectivity index (χ3n) is 3.66. The molecule has 1 aromatic rings. The van der Waals surface area contributed by atoms with E-state index in [1.165, 1.54) is 4.31 Å². The topological polar surface area (TPSA) is 92.8 Å². The normalized spacial score (nSPS) is 16.7. The highest BCUT2D eigenvalue weighted by molar-refractivity contribution is 7.88. The molecule has 1 aliphatic heterocycles. The number of esters is 1. The smallest absolute Gasteiger partial charge is 0.309 e. The molecule has 0 saturated carbocycles. The van der Waals surface area contributed by atoms with Crippen LogP contribution in [0.4, 0.5) is 5.69 Å². The maximum absolute atomic E-state index is 11.9. The van der Waals surface area contributed by atoms with Crippen LogP contribution in [0, 0.1) is 5.92 Å².